The van der Waals surface area contributed by atoms with Crippen LogP contribution in [0.15, 0.2) is 0 Å². The van der Waals surface area contributed by atoms with E-state index in [1.807, 2.05) is 0 Å². The molecule has 1 saturated heterocycles. The number of hydrogen-bond donors (Lipinski definition) is 1. The number of ether oxygens (including phenoxy) is 1. The Kier molecular flexibility index (Phi) is 7.47. The number of nitrogens with zero attached hydrogens (tertiary/aromatic N) is 1. The van der Waals surface area contributed by atoms with Crippen molar-refractivity contribution in [1.29, 1.82) is 0 Å². The van der Waals surface area contributed by atoms with Crippen molar-refractivity contribution >= 4 is 16.0 Å². The number of nitrogens with one attached hydrogen (secondary N) is 1. The maximum Gasteiger partial charge on any atom is 0.305 e. The molecule has 0 aromatic heterocycles. The Bertz CT molecular complexity index is 397. The lowest BCUT2D eigenvalue weighted by Gasteiger charge is -2.31. The van der Waals surface area contributed by atoms with Crippen LogP contribution in [0, 0.1) is 5.92 Å². The molecule has 0 aromatic carbocycles. The first-order chi connectivity index (χ1) is 9.43. The Morgan fingerprint density at radius 3 is 2.85 bits per heavy atom. The molecule has 1 N–H and O–H groups in total. The van der Waals surface area contributed by atoms with Crippen molar-refractivity contribution in [2.75, 3.05) is 39.0 Å². The molecule has 0 spiro atoms. The van der Waals surface area contributed by atoms with E-state index in [0.29, 0.717) is 32.0 Å². The first kappa shape index (κ1) is 17.4. The standard InChI is InChI=1S/C13H26N2O4S/c1-3-19-13(16)7-4-8-14-10-12-6-5-9-15(11-12)20(2,17)18/h12,14H,3-11H2,1-2H3. The highest BCUT2D eigenvalue weighted by Gasteiger charge is 2.25. The molecule has 0 radical (unpaired) electrons. The number of sulfonamides is 1. The highest BCUT2D eigenvalue weighted by molar-refractivity contribution is 7.88. The van der Waals surface area contributed by atoms with E-state index in [9.17, 15) is 13.2 Å². The summed E-state index contributed by atoms with van der Waals surface area (Å²) in [5.41, 5.74) is 0. The van der Waals surface area contributed by atoms with E-state index in [1.54, 1.807) is 11.2 Å². The molecule has 1 unspecified atom stereocenters. The van der Waals surface area contributed by atoms with E-state index >= 15 is 0 Å². The van der Waals surface area contributed by atoms with Crippen LogP contribution in [0.4, 0.5) is 0 Å². The molecule has 6 nitrogen and oxygen atoms in total. The fourth-order valence-electron chi connectivity index (χ4n) is 2.39. The number of rotatable bonds is 8. The molecule has 0 aromatic rings. The summed E-state index contributed by atoms with van der Waals surface area (Å²) in [6.07, 6.45) is 4.42. The highest BCUT2D eigenvalue weighted by Crippen LogP contribution is 2.17. The quantitative estimate of drug-likeness (QED) is 0.525. The van der Waals surface area contributed by atoms with Gasteiger partial charge in [0.05, 0.1) is 12.9 Å². The summed E-state index contributed by atoms with van der Waals surface area (Å²) in [6.45, 7) is 5.02. The predicted molar refractivity (Wildman–Crippen MR) is 77.9 cm³/mol. The second-order valence-electron chi connectivity index (χ2n) is 5.24. The van der Waals surface area contributed by atoms with Crippen molar-refractivity contribution in [3.8, 4) is 0 Å². The zero-order valence-electron chi connectivity index (χ0n) is 12.4. The molecule has 0 saturated carbocycles. The van der Waals surface area contributed by atoms with Gasteiger partial charge in [0.25, 0.3) is 0 Å². The predicted octanol–water partition coefficient (Wildman–Crippen LogP) is 0.591. The van der Waals surface area contributed by atoms with E-state index in [4.69, 9.17) is 4.74 Å². The van der Waals surface area contributed by atoms with Crippen molar-refractivity contribution in [3.05, 3.63) is 0 Å². The first-order valence-corrected chi connectivity index (χ1v) is 9.09. The summed E-state index contributed by atoms with van der Waals surface area (Å²) in [7, 11) is -3.07. The maximum atomic E-state index is 11.5. The van der Waals surface area contributed by atoms with Gasteiger partial charge in [-0.15, -0.1) is 0 Å². The molecule has 1 aliphatic rings. The van der Waals surface area contributed by atoms with Crippen LogP contribution in [-0.4, -0.2) is 57.7 Å². The lowest BCUT2D eigenvalue weighted by Crippen LogP contribution is -2.42. The van der Waals surface area contributed by atoms with E-state index < -0.39 is 10.0 Å². The molecule has 1 fully saturated rings. The van der Waals surface area contributed by atoms with E-state index in [2.05, 4.69) is 5.32 Å². The number of carbonyl (C=O) groups is 1. The third kappa shape index (κ3) is 6.67. The first-order valence-electron chi connectivity index (χ1n) is 7.25. The molecule has 1 aliphatic heterocycles. The molecular formula is C13H26N2O4S. The Balaban J connectivity index is 2.14. The number of hydrogen-bond acceptors (Lipinski definition) is 5. The second-order valence-corrected chi connectivity index (χ2v) is 7.22. The van der Waals surface area contributed by atoms with Gasteiger partial charge in [0.2, 0.25) is 10.0 Å². The Morgan fingerprint density at radius 1 is 1.45 bits per heavy atom. The van der Waals surface area contributed by atoms with Crippen LogP contribution in [0.3, 0.4) is 0 Å². The largest absolute Gasteiger partial charge is 0.466 e. The fraction of sp³-hybridized carbons (Fsp3) is 0.923. The van der Waals surface area contributed by atoms with Gasteiger partial charge in [0.15, 0.2) is 0 Å². The molecule has 1 rings (SSSR count). The molecule has 118 valence electrons. The number of esters is 1. The molecule has 0 bridgehead atoms. The molecule has 20 heavy (non-hydrogen) atoms. The van der Waals surface area contributed by atoms with Crippen molar-refractivity contribution in [3.63, 3.8) is 0 Å². The zero-order chi connectivity index (χ0) is 15.0. The zero-order valence-corrected chi connectivity index (χ0v) is 13.2. The van der Waals surface area contributed by atoms with Gasteiger partial charge in [0, 0.05) is 19.5 Å². The van der Waals surface area contributed by atoms with E-state index in [1.165, 1.54) is 6.26 Å². The van der Waals surface area contributed by atoms with Gasteiger partial charge in [-0.2, -0.15) is 0 Å². The summed E-state index contributed by atoms with van der Waals surface area (Å²) < 4.78 is 29.4. The number of carbonyl (C=O) groups excluding carboxylic acids is 1. The van der Waals surface area contributed by atoms with Gasteiger partial charge in [-0.3, -0.25) is 4.79 Å². The lowest BCUT2D eigenvalue weighted by molar-refractivity contribution is -0.143. The molecule has 1 atom stereocenters. The van der Waals surface area contributed by atoms with Crippen molar-refractivity contribution in [2.24, 2.45) is 5.92 Å². The lowest BCUT2D eigenvalue weighted by atomic mass is 10.00. The van der Waals surface area contributed by atoms with Crippen LogP contribution in [0.2, 0.25) is 0 Å². The molecule has 1 heterocycles. The molecular weight excluding hydrogens is 280 g/mol. The Morgan fingerprint density at radius 2 is 2.20 bits per heavy atom. The van der Waals surface area contributed by atoms with Gasteiger partial charge in [0.1, 0.15) is 0 Å². The van der Waals surface area contributed by atoms with Gasteiger partial charge >= 0.3 is 5.97 Å². The maximum absolute atomic E-state index is 11.5. The summed E-state index contributed by atoms with van der Waals surface area (Å²) in [5, 5.41) is 3.30. The van der Waals surface area contributed by atoms with Gasteiger partial charge in [-0.05, 0) is 45.2 Å². The van der Waals surface area contributed by atoms with Crippen LogP contribution in [0.25, 0.3) is 0 Å². The summed E-state index contributed by atoms with van der Waals surface area (Å²) in [5.74, 6) is 0.205. The summed E-state index contributed by atoms with van der Waals surface area (Å²) in [6, 6.07) is 0. The Labute approximate surface area is 121 Å². The average molecular weight is 306 g/mol. The second kappa shape index (κ2) is 8.59. The summed E-state index contributed by atoms with van der Waals surface area (Å²) >= 11 is 0. The van der Waals surface area contributed by atoms with E-state index in [0.717, 1.165) is 32.4 Å². The topological polar surface area (TPSA) is 75.7 Å². The van der Waals surface area contributed by atoms with Crippen LogP contribution in [0.1, 0.15) is 32.6 Å². The summed E-state index contributed by atoms with van der Waals surface area (Å²) in [4.78, 5) is 11.1. The van der Waals surface area contributed by atoms with Gasteiger partial charge in [-0.25, -0.2) is 12.7 Å². The van der Waals surface area contributed by atoms with Crippen molar-refractivity contribution in [2.45, 2.75) is 32.6 Å². The number of piperidine rings is 1. The third-order valence-electron chi connectivity index (χ3n) is 3.42. The monoisotopic (exact) mass is 306 g/mol. The highest BCUT2D eigenvalue weighted by atomic mass is 32.2. The molecule has 7 heteroatoms. The molecule has 0 amide bonds. The van der Waals surface area contributed by atoms with E-state index in [-0.39, 0.29) is 5.97 Å². The van der Waals surface area contributed by atoms with Crippen molar-refractivity contribution < 1.29 is 17.9 Å². The van der Waals surface area contributed by atoms with Gasteiger partial charge in [-0.1, -0.05) is 0 Å². The van der Waals surface area contributed by atoms with Crippen molar-refractivity contribution in [1.82, 2.24) is 9.62 Å². The smallest absolute Gasteiger partial charge is 0.305 e. The average Bonchev–Trinajstić information content (AvgIpc) is 2.38. The van der Waals surface area contributed by atoms with Gasteiger partial charge < -0.3 is 10.1 Å². The molecule has 0 aliphatic carbocycles. The Hall–Kier alpha value is -0.660. The van der Waals surface area contributed by atoms with Crippen LogP contribution in [0.5, 0.6) is 0 Å². The SMILES string of the molecule is CCOC(=O)CCCNCC1CCCN(S(C)(=O)=O)C1. The third-order valence-corrected chi connectivity index (χ3v) is 4.69. The van der Waals surface area contributed by atoms with Crippen LogP contribution < -0.4 is 5.32 Å². The van der Waals surface area contributed by atoms with Crippen LogP contribution in [-0.2, 0) is 19.6 Å². The normalized spacial score (nSPS) is 20.8. The minimum Gasteiger partial charge on any atom is -0.466 e. The minimum atomic E-state index is -3.07. The fourth-order valence-corrected chi connectivity index (χ4v) is 3.33. The minimum absolute atomic E-state index is 0.157. The van der Waals surface area contributed by atoms with Crippen LogP contribution >= 0.6 is 0 Å².